The van der Waals surface area contributed by atoms with Crippen LogP contribution in [-0.4, -0.2) is 47.1 Å². The summed E-state index contributed by atoms with van der Waals surface area (Å²) in [5.41, 5.74) is 2.02. The second-order valence-electron chi connectivity index (χ2n) is 6.44. The number of para-hydroxylation sites is 2. The highest BCUT2D eigenvalue weighted by Crippen LogP contribution is 2.24. The zero-order valence-corrected chi connectivity index (χ0v) is 16.2. The molecule has 7 nitrogen and oxygen atoms in total. The van der Waals surface area contributed by atoms with Gasteiger partial charge < -0.3 is 19.4 Å². The molecule has 0 fully saturated rings. The Morgan fingerprint density at radius 3 is 3.00 bits per heavy atom. The van der Waals surface area contributed by atoms with Crippen LogP contribution in [0.5, 0.6) is 5.75 Å². The van der Waals surface area contributed by atoms with Crippen molar-refractivity contribution in [3.8, 4) is 5.75 Å². The van der Waals surface area contributed by atoms with E-state index in [0.29, 0.717) is 28.7 Å². The lowest BCUT2D eigenvalue weighted by Crippen LogP contribution is -2.39. The van der Waals surface area contributed by atoms with Crippen molar-refractivity contribution in [1.82, 2.24) is 15.2 Å². The molecular formula is C20H18FN3O4S. The predicted molar refractivity (Wildman–Crippen MR) is 105 cm³/mol. The molecule has 2 amide bonds. The van der Waals surface area contributed by atoms with Gasteiger partial charge in [0.1, 0.15) is 17.1 Å². The Hall–Kier alpha value is -3.07. The molecule has 0 atom stereocenters. The minimum atomic E-state index is -0.383. The number of thioether (sulfide) groups is 1. The van der Waals surface area contributed by atoms with Gasteiger partial charge in [0.25, 0.3) is 11.1 Å². The van der Waals surface area contributed by atoms with Crippen LogP contribution in [0.15, 0.2) is 52.1 Å². The summed E-state index contributed by atoms with van der Waals surface area (Å²) in [6.45, 7) is 0.709. The molecule has 1 aromatic heterocycles. The summed E-state index contributed by atoms with van der Waals surface area (Å²) in [5, 5.41) is 3.20. The molecule has 0 unspecified atom stereocenters. The molecule has 0 bridgehead atoms. The number of amides is 2. The maximum absolute atomic E-state index is 13.5. The molecule has 1 aliphatic rings. The van der Waals surface area contributed by atoms with Crippen LogP contribution in [-0.2, 0) is 16.1 Å². The van der Waals surface area contributed by atoms with Crippen LogP contribution < -0.4 is 10.1 Å². The van der Waals surface area contributed by atoms with Gasteiger partial charge in [-0.3, -0.25) is 9.59 Å². The molecule has 4 rings (SSSR count). The minimum Gasteiger partial charge on any atom is -0.483 e. The maximum atomic E-state index is 13.5. The van der Waals surface area contributed by atoms with Crippen molar-refractivity contribution in [2.24, 2.45) is 0 Å². The van der Waals surface area contributed by atoms with Crippen LogP contribution in [0.1, 0.15) is 5.56 Å². The Bertz CT molecular complexity index is 1020. The highest BCUT2D eigenvalue weighted by Gasteiger charge is 2.21. The van der Waals surface area contributed by atoms with Gasteiger partial charge in [0.2, 0.25) is 5.91 Å². The number of hydrogen-bond acceptors (Lipinski definition) is 6. The number of rotatable bonds is 6. The van der Waals surface area contributed by atoms with Crippen molar-refractivity contribution < 1.29 is 23.1 Å². The van der Waals surface area contributed by atoms with E-state index in [1.54, 1.807) is 4.90 Å². The standard InChI is InChI=1S/C20H18FN3O4S/c21-14-5-6-16-13(9-14)10-24(19(26)11-27-16)8-7-22-18(25)12-29-20-23-15-3-1-2-4-17(15)28-20/h1-6,9H,7-8,10-12H2,(H,22,25). The molecule has 9 heteroatoms. The molecule has 0 saturated carbocycles. The van der Waals surface area contributed by atoms with Crippen LogP contribution in [0.3, 0.4) is 0 Å². The Morgan fingerprint density at radius 2 is 2.14 bits per heavy atom. The van der Waals surface area contributed by atoms with Crippen LogP contribution in [0.2, 0.25) is 0 Å². The van der Waals surface area contributed by atoms with E-state index in [1.807, 2.05) is 24.3 Å². The topological polar surface area (TPSA) is 84.7 Å². The van der Waals surface area contributed by atoms with Crippen molar-refractivity contribution in [2.75, 3.05) is 25.4 Å². The molecular weight excluding hydrogens is 397 g/mol. The van der Waals surface area contributed by atoms with Crippen molar-refractivity contribution in [3.63, 3.8) is 0 Å². The largest absolute Gasteiger partial charge is 0.483 e. The predicted octanol–water partition coefficient (Wildman–Crippen LogP) is 2.60. The van der Waals surface area contributed by atoms with E-state index in [-0.39, 0.29) is 43.1 Å². The molecule has 0 radical (unpaired) electrons. The fourth-order valence-corrected chi connectivity index (χ4v) is 3.63. The van der Waals surface area contributed by atoms with Crippen LogP contribution in [0, 0.1) is 5.82 Å². The smallest absolute Gasteiger partial charge is 0.260 e. The quantitative estimate of drug-likeness (QED) is 0.623. The number of nitrogens with one attached hydrogen (secondary N) is 1. The Morgan fingerprint density at radius 1 is 1.28 bits per heavy atom. The average Bonchev–Trinajstić information content (AvgIpc) is 3.07. The van der Waals surface area contributed by atoms with Gasteiger partial charge in [-0.1, -0.05) is 23.9 Å². The highest BCUT2D eigenvalue weighted by atomic mass is 32.2. The fraction of sp³-hybridized carbons (Fsp3) is 0.250. The van der Waals surface area contributed by atoms with Crippen LogP contribution in [0.25, 0.3) is 11.1 Å². The van der Waals surface area contributed by atoms with Crippen LogP contribution in [0.4, 0.5) is 4.39 Å². The summed E-state index contributed by atoms with van der Waals surface area (Å²) in [6, 6.07) is 11.6. The van der Waals surface area contributed by atoms with Crippen molar-refractivity contribution in [2.45, 2.75) is 11.8 Å². The second kappa shape index (κ2) is 8.52. The Kier molecular flexibility index (Phi) is 5.66. The summed E-state index contributed by atoms with van der Waals surface area (Å²) in [4.78, 5) is 30.1. The van der Waals surface area contributed by atoms with E-state index in [1.165, 1.54) is 30.0 Å². The van der Waals surface area contributed by atoms with Gasteiger partial charge in [0, 0.05) is 25.2 Å². The molecule has 0 spiro atoms. The number of halogens is 1. The van der Waals surface area contributed by atoms with E-state index < -0.39 is 0 Å². The van der Waals surface area contributed by atoms with Gasteiger partial charge in [0.05, 0.1) is 5.75 Å². The second-order valence-corrected chi connectivity index (χ2v) is 7.37. The van der Waals surface area contributed by atoms with E-state index in [4.69, 9.17) is 9.15 Å². The average molecular weight is 415 g/mol. The Labute approximate surface area is 170 Å². The van der Waals surface area contributed by atoms with E-state index >= 15 is 0 Å². The zero-order chi connectivity index (χ0) is 20.2. The normalized spacial score (nSPS) is 13.7. The molecule has 150 valence electrons. The molecule has 0 aliphatic carbocycles. The summed E-state index contributed by atoms with van der Waals surface area (Å²) in [5.74, 6) is -0.135. The number of aromatic nitrogens is 1. The first-order valence-corrected chi connectivity index (χ1v) is 10.0. The number of benzene rings is 2. The lowest BCUT2D eigenvalue weighted by molar-refractivity contribution is -0.133. The first-order valence-electron chi connectivity index (χ1n) is 9.02. The van der Waals surface area contributed by atoms with Gasteiger partial charge in [-0.2, -0.15) is 0 Å². The third kappa shape index (κ3) is 4.68. The van der Waals surface area contributed by atoms with Crippen molar-refractivity contribution in [3.05, 3.63) is 53.8 Å². The van der Waals surface area contributed by atoms with E-state index in [2.05, 4.69) is 10.3 Å². The van der Waals surface area contributed by atoms with Gasteiger partial charge in [-0.05, 0) is 30.3 Å². The summed E-state index contributed by atoms with van der Waals surface area (Å²) in [6.07, 6.45) is 0. The number of hydrogen-bond donors (Lipinski definition) is 1. The number of carbonyl (C=O) groups is 2. The van der Waals surface area contributed by atoms with Gasteiger partial charge >= 0.3 is 0 Å². The highest BCUT2D eigenvalue weighted by molar-refractivity contribution is 7.99. The molecule has 1 aliphatic heterocycles. The molecule has 2 heterocycles. The number of oxazole rings is 1. The zero-order valence-electron chi connectivity index (χ0n) is 15.4. The maximum Gasteiger partial charge on any atom is 0.260 e. The van der Waals surface area contributed by atoms with E-state index in [9.17, 15) is 14.0 Å². The molecule has 2 aromatic carbocycles. The minimum absolute atomic E-state index is 0.111. The number of carbonyl (C=O) groups excluding carboxylic acids is 2. The van der Waals surface area contributed by atoms with Crippen molar-refractivity contribution >= 4 is 34.7 Å². The summed E-state index contributed by atoms with van der Waals surface area (Å²) >= 11 is 1.20. The number of ether oxygens (including phenoxy) is 1. The first kappa shape index (κ1) is 19.3. The summed E-state index contributed by atoms with van der Waals surface area (Å²) in [7, 11) is 0. The monoisotopic (exact) mass is 415 g/mol. The molecule has 3 aromatic rings. The summed E-state index contributed by atoms with van der Waals surface area (Å²) < 4.78 is 24.5. The van der Waals surface area contributed by atoms with Gasteiger partial charge in [-0.15, -0.1) is 0 Å². The van der Waals surface area contributed by atoms with Gasteiger partial charge in [-0.25, -0.2) is 9.37 Å². The number of nitrogens with zero attached hydrogens (tertiary/aromatic N) is 2. The van der Waals surface area contributed by atoms with Crippen molar-refractivity contribution in [1.29, 1.82) is 0 Å². The molecule has 1 N–H and O–H groups in total. The molecule has 29 heavy (non-hydrogen) atoms. The molecule has 0 saturated heterocycles. The van der Waals surface area contributed by atoms with Gasteiger partial charge in [0.15, 0.2) is 12.2 Å². The third-order valence-corrected chi connectivity index (χ3v) is 5.22. The van der Waals surface area contributed by atoms with E-state index in [0.717, 1.165) is 5.52 Å². The first-order chi connectivity index (χ1) is 14.1. The lowest BCUT2D eigenvalue weighted by atomic mass is 10.2. The SMILES string of the molecule is O=C(CSc1nc2ccccc2o1)NCCN1Cc2cc(F)ccc2OCC1=O. The lowest BCUT2D eigenvalue weighted by Gasteiger charge is -2.20. The Balaban J connectivity index is 1.26. The fourth-order valence-electron chi connectivity index (χ4n) is 2.96. The van der Waals surface area contributed by atoms with Crippen LogP contribution >= 0.6 is 11.8 Å². The third-order valence-electron chi connectivity index (χ3n) is 4.39. The number of fused-ring (bicyclic) bond motifs is 2.